The highest BCUT2D eigenvalue weighted by atomic mass is 79.9. The van der Waals surface area contributed by atoms with Crippen LogP contribution in [0.15, 0.2) is 32.0 Å². The van der Waals surface area contributed by atoms with E-state index in [4.69, 9.17) is 14.0 Å². The number of carboxylic acids is 1. The molecular formula is C8H4BrNO4. The lowest BCUT2D eigenvalue weighted by molar-refractivity contribution is 0.0685. The van der Waals surface area contributed by atoms with E-state index in [0.717, 1.165) is 0 Å². The molecule has 0 saturated heterocycles. The van der Waals surface area contributed by atoms with Gasteiger partial charge in [-0.05, 0) is 22.0 Å². The summed E-state index contributed by atoms with van der Waals surface area (Å²) in [6.07, 6.45) is 2.90. The Morgan fingerprint density at radius 2 is 2.36 bits per heavy atom. The minimum absolute atomic E-state index is 0.152. The molecule has 0 bridgehead atoms. The zero-order valence-corrected chi connectivity index (χ0v) is 8.32. The third-order valence-electron chi connectivity index (χ3n) is 1.62. The van der Waals surface area contributed by atoms with Crippen LogP contribution in [0.25, 0.3) is 11.3 Å². The molecule has 2 rings (SSSR count). The first-order valence-electron chi connectivity index (χ1n) is 3.61. The van der Waals surface area contributed by atoms with E-state index in [1.54, 1.807) is 6.07 Å². The van der Waals surface area contributed by atoms with Crippen molar-refractivity contribution < 1.29 is 18.8 Å². The molecule has 0 aliphatic rings. The molecule has 6 heteroatoms. The average Bonchev–Trinajstić information content (AvgIpc) is 2.71. The van der Waals surface area contributed by atoms with Gasteiger partial charge in [-0.2, -0.15) is 0 Å². The maximum Gasteiger partial charge on any atom is 0.359 e. The Morgan fingerprint density at radius 3 is 2.86 bits per heavy atom. The molecule has 0 unspecified atom stereocenters. The fourth-order valence-corrected chi connectivity index (χ4v) is 1.53. The van der Waals surface area contributed by atoms with Gasteiger partial charge < -0.3 is 14.0 Å². The Labute approximate surface area is 86.4 Å². The molecule has 0 spiro atoms. The number of aromatic nitrogens is 1. The van der Waals surface area contributed by atoms with Crippen molar-refractivity contribution in [3.05, 3.63) is 28.8 Å². The van der Waals surface area contributed by atoms with Crippen molar-refractivity contribution in [1.29, 1.82) is 0 Å². The molecule has 2 heterocycles. The van der Waals surface area contributed by atoms with Gasteiger partial charge in [-0.1, -0.05) is 5.16 Å². The number of aromatic carboxylic acids is 1. The molecule has 0 aromatic carbocycles. The Hall–Kier alpha value is -1.56. The molecule has 0 amide bonds. The minimum Gasteiger partial charge on any atom is -0.476 e. The number of carbonyl (C=O) groups is 1. The number of furan rings is 1. The lowest BCUT2D eigenvalue weighted by Crippen LogP contribution is -1.96. The van der Waals surface area contributed by atoms with Gasteiger partial charge in [0.05, 0.1) is 11.8 Å². The van der Waals surface area contributed by atoms with Crippen LogP contribution in [-0.2, 0) is 0 Å². The molecule has 0 saturated carbocycles. The summed E-state index contributed by atoms with van der Waals surface area (Å²) < 4.78 is 10.0. The van der Waals surface area contributed by atoms with Gasteiger partial charge >= 0.3 is 5.97 Å². The van der Waals surface area contributed by atoms with Crippen LogP contribution in [0.3, 0.4) is 0 Å². The number of hydrogen-bond donors (Lipinski definition) is 1. The van der Waals surface area contributed by atoms with Crippen LogP contribution in [0.5, 0.6) is 0 Å². The largest absolute Gasteiger partial charge is 0.476 e. The SMILES string of the molecule is O=C(O)c1noc(-c2ccoc2)c1Br. The molecular weight excluding hydrogens is 254 g/mol. The van der Waals surface area contributed by atoms with Crippen LogP contribution in [0, 0.1) is 0 Å². The average molecular weight is 258 g/mol. The van der Waals surface area contributed by atoms with Crippen LogP contribution in [0.2, 0.25) is 0 Å². The van der Waals surface area contributed by atoms with E-state index >= 15 is 0 Å². The first-order valence-corrected chi connectivity index (χ1v) is 4.40. The van der Waals surface area contributed by atoms with E-state index < -0.39 is 5.97 Å². The van der Waals surface area contributed by atoms with E-state index in [9.17, 15) is 4.79 Å². The summed E-state index contributed by atoms with van der Waals surface area (Å²) in [7, 11) is 0. The van der Waals surface area contributed by atoms with Crippen molar-refractivity contribution in [2.45, 2.75) is 0 Å². The van der Waals surface area contributed by atoms with Crippen LogP contribution in [0.1, 0.15) is 10.5 Å². The number of nitrogens with zero attached hydrogens (tertiary/aromatic N) is 1. The quantitative estimate of drug-likeness (QED) is 0.894. The van der Waals surface area contributed by atoms with E-state index in [1.165, 1.54) is 12.5 Å². The second-order valence-electron chi connectivity index (χ2n) is 2.49. The van der Waals surface area contributed by atoms with E-state index in [1.807, 2.05) is 0 Å². The maximum absolute atomic E-state index is 10.6. The van der Waals surface area contributed by atoms with Gasteiger partial charge in [0, 0.05) is 0 Å². The third kappa shape index (κ3) is 1.33. The molecule has 0 radical (unpaired) electrons. The minimum atomic E-state index is -1.14. The first-order chi connectivity index (χ1) is 6.70. The molecule has 0 aliphatic heterocycles. The number of hydrogen-bond acceptors (Lipinski definition) is 4. The maximum atomic E-state index is 10.6. The smallest absolute Gasteiger partial charge is 0.359 e. The predicted molar refractivity (Wildman–Crippen MR) is 48.9 cm³/mol. The standard InChI is InChI=1S/C8H4BrNO4/c9-5-6(8(11)12)10-14-7(5)4-1-2-13-3-4/h1-3H,(H,11,12). The second kappa shape index (κ2) is 3.30. The topological polar surface area (TPSA) is 76.5 Å². The molecule has 5 nitrogen and oxygen atoms in total. The molecule has 1 N–H and O–H groups in total. The summed E-state index contributed by atoms with van der Waals surface area (Å²) in [5.41, 5.74) is 0.484. The molecule has 72 valence electrons. The molecule has 2 aromatic heterocycles. The van der Waals surface area contributed by atoms with Crippen LogP contribution >= 0.6 is 15.9 Å². The van der Waals surface area contributed by atoms with Gasteiger partial charge in [0.1, 0.15) is 10.7 Å². The fraction of sp³-hybridized carbons (Fsp3) is 0. The second-order valence-corrected chi connectivity index (χ2v) is 3.28. The lowest BCUT2D eigenvalue weighted by atomic mass is 10.2. The summed E-state index contributed by atoms with van der Waals surface area (Å²) in [6.45, 7) is 0. The Balaban J connectivity index is 2.52. The van der Waals surface area contributed by atoms with E-state index in [-0.39, 0.29) is 5.69 Å². The summed E-state index contributed by atoms with van der Waals surface area (Å²) in [4.78, 5) is 10.6. The number of rotatable bonds is 2. The van der Waals surface area contributed by atoms with Gasteiger partial charge in [0.25, 0.3) is 0 Å². The Kier molecular flexibility index (Phi) is 2.12. The first kappa shape index (κ1) is 9.01. The van der Waals surface area contributed by atoms with Gasteiger partial charge in [-0.25, -0.2) is 4.79 Å². The molecule has 2 aromatic rings. The van der Waals surface area contributed by atoms with Crippen molar-refractivity contribution in [3.8, 4) is 11.3 Å². The van der Waals surface area contributed by atoms with E-state index in [0.29, 0.717) is 15.8 Å². The van der Waals surface area contributed by atoms with Crippen LogP contribution in [-0.4, -0.2) is 16.2 Å². The van der Waals surface area contributed by atoms with Crippen LogP contribution in [0.4, 0.5) is 0 Å². The molecule has 0 aliphatic carbocycles. The number of carboxylic acid groups (broad SMARTS) is 1. The fourth-order valence-electron chi connectivity index (χ4n) is 0.985. The summed E-state index contributed by atoms with van der Waals surface area (Å²) in [6, 6.07) is 1.65. The zero-order chi connectivity index (χ0) is 10.1. The van der Waals surface area contributed by atoms with Crippen molar-refractivity contribution in [1.82, 2.24) is 5.16 Å². The zero-order valence-electron chi connectivity index (χ0n) is 6.73. The Morgan fingerprint density at radius 1 is 1.57 bits per heavy atom. The number of halogens is 1. The molecule has 14 heavy (non-hydrogen) atoms. The van der Waals surface area contributed by atoms with Crippen LogP contribution < -0.4 is 0 Å². The monoisotopic (exact) mass is 257 g/mol. The van der Waals surface area contributed by atoms with E-state index in [2.05, 4.69) is 21.1 Å². The van der Waals surface area contributed by atoms with Gasteiger partial charge in [0.15, 0.2) is 5.76 Å². The van der Waals surface area contributed by atoms with Crippen molar-refractivity contribution in [2.24, 2.45) is 0 Å². The molecule has 0 fully saturated rings. The third-order valence-corrected chi connectivity index (χ3v) is 2.36. The predicted octanol–water partition coefficient (Wildman–Crippen LogP) is 2.40. The summed E-state index contributed by atoms with van der Waals surface area (Å²) in [5.74, 6) is -0.800. The summed E-state index contributed by atoms with van der Waals surface area (Å²) in [5, 5.41) is 12.1. The van der Waals surface area contributed by atoms with Gasteiger partial charge in [-0.3, -0.25) is 0 Å². The lowest BCUT2D eigenvalue weighted by Gasteiger charge is -1.88. The van der Waals surface area contributed by atoms with Crippen molar-refractivity contribution in [3.63, 3.8) is 0 Å². The highest BCUT2D eigenvalue weighted by molar-refractivity contribution is 9.10. The van der Waals surface area contributed by atoms with Gasteiger partial charge in [0.2, 0.25) is 5.69 Å². The normalized spacial score (nSPS) is 10.4. The van der Waals surface area contributed by atoms with Crippen molar-refractivity contribution in [2.75, 3.05) is 0 Å². The molecule has 0 atom stereocenters. The highest BCUT2D eigenvalue weighted by Gasteiger charge is 2.20. The Bertz CT molecular complexity index is 460. The van der Waals surface area contributed by atoms with Gasteiger partial charge in [-0.15, -0.1) is 0 Å². The van der Waals surface area contributed by atoms with Crippen molar-refractivity contribution >= 4 is 21.9 Å². The summed E-state index contributed by atoms with van der Waals surface area (Å²) >= 11 is 3.09. The highest BCUT2D eigenvalue weighted by Crippen LogP contribution is 2.31.